The molecule has 1 atom stereocenters. The molecule has 4 N–H and O–H groups in total. The zero-order valence-electron chi connectivity index (χ0n) is 10.9. The Morgan fingerprint density at radius 3 is 2.84 bits per heavy atom. The number of thioether (sulfide) groups is 1. The first-order valence-corrected chi connectivity index (χ1v) is 8.63. The van der Waals surface area contributed by atoms with Gasteiger partial charge in [0.1, 0.15) is 0 Å². The van der Waals surface area contributed by atoms with Crippen LogP contribution in [0.2, 0.25) is 0 Å². The summed E-state index contributed by atoms with van der Waals surface area (Å²) in [5, 5.41) is 8.83. The van der Waals surface area contributed by atoms with Gasteiger partial charge in [-0.05, 0) is 24.1 Å². The van der Waals surface area contributed by atoms with Crippen molar-refractivity contribution in [2.45, 2.75) is 11.8 Å². The van der Waals surface area contributed by atoms with Crippen LogP contribution >= 0.6 is 11.8 Å². The van der Waals surface area contributed by atoms with Crippen LogP contribution in [-0.2, 0) is 10.0 Å². The summed E-state index contributed by atoms with van der Waals surface area (Å²) < 4.78 is 25.8. The number of nitrogen functional groups attached to an aromatic ring is 1. The van der Waals surface area contributed by atoms with E-state index in [1.165, 1.54) is 11.8 Å². The molecule has 0 heterocycles. The van der Waals surface area contributed by atoms with Crippen molar-refractivity contribution in [2.24, 2.45) is 5.92 Å². The molecule has 0 spiro atoms. The van der Waals surface area contributed by atoms with Crippen LogP contribution in [0, 0.1) is 5.92 Å². The maximum atomic E-state index is 11.7. The third kappa shape index (κ3) is 6.81. The molecular formula is C12H20N2O3S2. The average Bonchev–Trinajstić information content (AvgIpc) is 2.36. The van der Waals surface area contributed by atoms with E-state index in [-0.39, 0.29) is 24.8 Å². The van der Waals surface area contributed by atoms with Crippen LogP contribution in [0.3, 0.4) is 0 Å². The van der Waals surface area contributed by atoms with E-state index in [4.69, 9.17) is 10.8 Å². The molecule has 0 aliphatic carbocycles. The highest BCUT2D eigenvalue weighted by molar-refractivity contribution is 8.00. The van der Waals surface area contributed by atoms with Gasteiger partial charge in [0.15, 0.2) is 0 Å². The molecule has 1 aromatic carbocycles. The summed E-state index contributed by atoms with van der Waals surface area (Å²) >= 11 is 1.45. The Morgan fingerprint density at radius 1 is 1.47 bits per heavy atom. The van der Waals surface area contributed by atoms with Gasteiger partial charge in [-0.2, -0.15) is 0 Å². The summed E-state index contributed by atoms with van der Waals surface area (Å²) in [6.45, 7) is 2.02. The van der Waals surface area contributed by atoms with E-state index < -0.39 is 10.0 Å². The normalized spacial score (nSPS) is 13.4. The van der Waals surface area contributed by atoms with E-state index in [1.54, 1.807) is 13.0 Å². The largest absolute Gasteiger partial charge is 0.399 e. The second-order valence-electron chi connectivity index (χ2n) is 4.38. The van der Waals surface area contributed by atoms with Crippen molar-refractivity contribution in [3.8, 4) is 0 Å². The number of nitrogens with two attached hydrogens (primary N) is 1. The maximum Gasteiger partial charge on any atom is 0.212 e. The smallest absolute Gasteiger partial charge is 0.212 e. The van der Waals surface area contributed by atoms with Crippen molar-refractivity contribution in [3.63, 3.8) is 0 Å². The van der Waals surface area contributed by atoms with Crippen LogP contribution in [0.15, 0.2) is 29.2 Å². The highest BCUT2D eigenvalue weighted by atomic mass is 32.2. The number of aliphatic hydroxyl groups is 1. The van der Waals surface area contributed by atoms with Crippen molar-refractivity contribution >= 4 is 27.5 Å². The molecule has 0 radical (unpaired) electrons. The van der Waals surface area contributed by atoms with Gasteiger partial charge in [-0.15, -0.1) is 11.8 Å². The van der Waals surface area contributed by atoms with Gasteiger partial charge in [0.2, 0.25) is 10.0 Å². The van der Waals surface area contributed by atoms with Gasteiger partial charge in [-0.25, -0.2) is 13.1 Å². The number of sulfonamides is 1. The SMILES string of the molecule is CC(CO)CNS(=O)(=O)CCSc1cccc(N)c1. The van der Waals surface area contributed by atoms with E-state index in [0.29, 0.717) is 11.4 Å². The summed E-state index contributed by atoms with van der Waals surface area (Å²) in [6.07, 6.45) is 0. The van der Waals surface area contributed by atoms with Crippen LogP contribution in [0.5, 0.6) is 0 Å². The topological polar surface area (TPSA) is 92.4 Å². The molecule has 5 nitrogen and oxygen atoms in total. The monoisotopic (exact) mass is 304 g/mol. The molecule has 0 bridgehead atoms. The minimum Gasteiger partial charge on any atom is -0.399 e. The first-order valence-electron chi connectivity index (χ1n) is 5.99. The fourth-order valence-corrected chi connectivity index (χ4v) is 3.80. The molecule has 0 saturated heterocycles. The summed E-state index contributed by atoms with van der Waals surface area (Å²) in [4.78, 5) is 0.957. The number of anilines is 1. The lowest BCUT2D eigenvalue weighted by Crippen LogP contribution is -2.32. The Hall–Kier alpha value is -0.760. The molecule has 0 saturated carbocycles. The van der Waals surface area contributed by atoms with Crippen LogP contribution in [0.25, 0.3) is 0 Å². The van der Waals surface area contributed by atoms with Gasteiger partial charge >= 0.3 is 0 Å². The quantitative estimate of drug-likeness (QED) is 0.490. The Bertz CT molecular complexity index is 492. The van der Waals surface area contributed by atoms with Crippen molar-refractivity contribution < 1.29 is 13.5 Å². The molecule has 0 aliphatic rings. The van der Waals surface area contributed by atoms with E-state index in [1.807, 2.05) is 18.2 Å². The fraction of sp³-hybridized carbons (Fsp3) is 0.500. The lowest BCUT2D eigenvalue weighted by atomic mass is 10.2. The predicted molar refractivity (Wildman–Crippen MR) is 79.6 cm³/mol. The second-order valence-corrected chi connectivity index (χ2v) is 7.47. The van der Waals surface area contributed by atoms with E-state index in [2.05, 4.69) is 4.72 Å². The standard InChI is InChI=1S/C12H20N2O3S2/c1-10(9-15)8-14-19(16,17)6-5-18-12-4-2-3-11(13)7-12/h2-4,7,10,14-15H,5-6,8-9,13H2,1H3. The lowest BCUT2D eigenvalue weighted by Gasteiger charge is -2.10. The van der Waals surface area contributed by atoms with Gasteiger partial charge in [0.25, 0.3) is 0 Å². The molecule has 0 aromatic heterocycles. The molecule has 1 unspecified atom stereocenters. The van der Waals surface area contributed by atoms with Crippen LogP contribution in [-0.4, -0.2) is 38.2 Å². The lowest BCUT2D eigenvalue weighted by molar-refractivity contribution is 0.238. The highest BCUT2D eigenvalue weighted by Crippen LogP contribution is 2.20. The number of nitrogens with one attached hydrogen (secondary N) is 1. The van der Waals surface area contributed by atoms with Gasteiger partial charge in [-0.1, -0.05) is 13.0 Å². The minimum absolute atomic E-state index is 0.0272. The van der Waals surface area contributed by atoms with Crippen molar-refractivity contribution in [1.82, 2.24) is 4.72 Å². The number of benzene rings is 1. The molecule has 0 amide bonds. The molecule has 1 rings (SSSR count). The van der Waals surface area contributed by atoms with Crippen molar-refractivity contribution in [1.29, 1.82) is 0 Å². The number of hydrogen-bond acceptors (Lipinski definition) is 5. The predicted octanol–water partition coefficient (Wildman–Crippen LogP) is 0.909. The summed E-state index contributed by atoms with van der Waals surface area (Å²) in [7, 11) is -3.28. The Morgan fingerprint density at radius 2 is 2.21 bits per heavy atom. The highest BCUT2D eigenvalue weighted by Gasteiger charge is 2.11. The third-order valence-corrected chi connectivity index (χ3v) is 5.04. The van der Waals surface area contributed by atoms with E-state index in [9.17, 15) is 8.42 Å². The van der Waals surface area contributed by atoms with Crippen LogP contribution in [0.1, 0.15) is 6.92 Å². The molecule has 1 aromatic rings. The maximum absolute atomic E-state index is 11.7. The van der Waals surface area contributed by atoms with E-state index in [0.717, 1.165) is 4.90 Å². The van der Waals surface area contributed by atoms with Crippen molar-refractivity contribution in [2.75, 3.05) is 30.4 Å². The van der Waals surface area contributed by atoms with Crippen LogP contribution < -0.4 is 10.5 Å². The minimum atomic E-state index is -3.28. The molecule has 0 fully saturated rings. The second kappa shape index (κ2) is 7.74. The van der Waals surface area contributed by atoms with Gasteiger partial charge in [-0.3, -0.25) is 0 Å². The Kier molecular flexibility index (Phi) is 6.64. The average molecular weight is 304 g/mol. The molecule has 108 valence electrons. The summed E-state index contributed by atoms with van der Waals surface area (Å²) in [5.74, 6) is 0.438. The molecule has 7 heteroatoms. The first kappa shape index (κ1) is 16.3. The molecule has 0 aliphatic heterocycles. The first-order chi connectivity index (χ1) is 8.93. The third-order valence-electron chi connectivity index (χ3n) is 2.44. The van der Waals surface area contributed by atoms with Gasteiger partial charge in [0.05, 0.1) is 5.75 Å². The summed E-state index contributed by atoms with van der Waals surface area (Å²) in [5.41, 5.74) is 6.31. The van der Waals surface area contributed by atoms with Crippen molar-refractivity contribution in [3.05, 3.63) is 24.3 Å². The Labute approximate surface area is 118 Å². The molecular weight excluding hydrogens is 284 g/mol. The Balaban J connectivity index is 2.35. The fourth-order valence-electron chi connectivity index (χ4n) is 1.28. The number of rotatable bonds is 8. The van der Waals surface area contributed by atoms with Gasteiger partial charge in [0, 0.05) is 29.5 Å². The molecule has 19 heavy (non-hydrogen) atoms. The zero-order valence-corrected chi connectivity index (χ0v) is 12.5. The zero-order chi connectivity index (χ0) is 14.3. The van der Waals surface area contributed by atoms with E-state index >= 15 is 0 Å². The number of hydrogen-bond donors (Lipinski definition) is 3. The summed E-state index contributed by atoms with van der Waals surface area (Å²) in [6, 6.07) is 7.35. The number of aliphatic hydroxyl groups excluding tert-OH is 1. The van der Waals surface area contributed by atoms with Gasteiger partial charge < -0.3 is 10.8 Å². The van der Waals surface area contributed by atoms with Crippen LogP contribution in [0.4, 0.5) is 5.69 Å².